The fourth-order valence-electron chi connectivity index (χ4n) is 3.48. The van der Waals surface area contributed by atoms with Crippen molar-refractivity contribution in [3.8, 4) is 5.69 Å². The predicted octanol–water partition coefficient (Wildman–Crippen LogP) is 4.11. The molecular weight excluding hydrogens is 494 g/mol. The number of nitrogens with one attached hydrogen (secondary N) is 2. The molecule has 0 amide bonds. The molecule has 6 nitrogen and oxygen atoms in total. The van der Waals surface area contributed by atoms with Crippen molar-refractivity contribution in [2.75, 3.05) is 20.1 Å². The van der Waals surface area contributed by atoms with E-state index in [1.807, 2.05) is 13.0 Å². The molecule has 8 heteroatoms. The van der Waals surface area contributed by atoms with Gasteiger partial charge in [-0.05, 0) is 58.7 Å². The van der Waals surface area contributed by atoms with Crippen molar-refractivity contribution in [3.05, 3.63) is 47.8 Å². The van der Waals surface area contributed by atoms with Crippen molar-refractivity contribution in [1.82, 2.24) is 25.1 Å². The molecule has 0 spiro atoms. The molecule has 0 unspecified atom stereocenters. The van der Waals surface area contributed by atoms with Gasteiger partial charge >= 0.3 is 0 Å². The third kappa shape index (κ3) is 7.54. The molecule has 0 aliphatic rings. The number of halogens is 2. The number of guanidine groups is 1. The van der Waals surface area contributed by atoms with Crippen LogP contribution in [0.1, 0.15) is 45.5 Å². The number of hydrogen-bond acceptors (Lipinski definition) is 3. The lowest BCUT2D eigenvalue weighted by Gasteiger charge is -2.30. The van der Waals surface area contributed by atoms with Gasteiger partial charge in [-0.25, -0.2) is 9.37 Å². The summed E-state index contributed by atoms with van der Waals surface area (Å²) in [5, 5.41) is 6.59. The number of rotatable bonds is 9. The van der Waals surface area contributed by atoms with Gasteiger partial charge in [-0.1, -0.05) is 6.07 Å². The summed E-state index contributed by atoms with van der Waals surface area (Å²) < 4.78 is 16.3. The van der Waals surface area contributed by atoms with E-state index in [0.29, 0.717) is 24.3 Å². The van der Waals surface area contributed by atoms with E-state index in [1.54, 1.807) is 36.1 Å². The third-order valence-corrected chi connectivity index (χ3v) is 4.99. The van der Waals surface area contributed by atoms with Gasteiger partial charge in [-0.2, -0.15) is 0 Å². The zero-order chi connectivity index (χ0) is 21.4. The molecule has 168 valence electrons. The highest BCUT2D eigenvalue weighted by molar-refractivity contribution is 14.0. The van der Waals surface area contributed by atoms with Crippen molar-refractivity contribution in [3.63, 3.8) is 0 Å². The highest BCUT2D eigenvalue weighted by Crippen LogP contribution is 2.16. The molecular formula is C22H36FIN6. The maximum Gasteiger partial charge on any atom is 0.191 e. The van der Waals surface area contributed by atoms with Gasteiger partial charge in [0.15, 0.2) is 5.96 Å². The van der Waals surface area contributed by atoms with E-state index in [4.69, 9.17) is 0 Å². The predicted molar refractivity (Wildman–Crippen MR) is 133 cm³/mol. The summed E-state index contributed by atoms with van der Waals surface area (Å²) >= 11 is 0. The summed E-state index contributed by atoms with van der Waals surface area (Å²) in [6.45, 7) is 13.1. The highest BCUT2D eigenvalue weighted by atomic mass is 127. The number of nitrogens with zero attached hydrogens (tertiary/aromatic N) is 4. The Balaban J connectivity index is 0.00000450. The summed E-state index contributed by atoms with van der Waals surface area (Å²) in [6.07, 6.45) is 4.46. The Bertz CT molecular complexity index is 795. The van der Waals surface area contributed by atoms with Crippen LogP contribution in [0.3, 0.4) is 0 Å². The van der Waals surface area contributed by atoms with Crippen molar-refractivity contribution in [1.29, 1.82) is 0 Å². The molecule has 0 bridgehead atoms. The van der Waals surface area contributed by atoms with E-state index >= 15 is 0 Å². The molecule has 30 heavy (non-hydrogen) atoms. The minimum Gasteiger partial charge on any atom is -0.356 e. The van der Waals surface area contributed by atoms with Crippen LogP contribution in [0.5, 0.6) is 0 Å². The average Bonchev–Trinajstić information content (AvgIpc) is 3.09. The van der Waals surface area contributed by atoms with Gasteiger partial charge in [0, 0.05) is 51.2 Å². The second-order valence-electron chi connectivity index (χ2n) is 7.76. The van der Waals surface area contributed by atoms with E-state index in [1.165, 1.54) is 0 Å². The maximum absolute atomic E-state index is 14.5. The van der Waals surface area contributed by atoms with Gasteiger partial charge in [0.2, 0.25) is 0 Å². The second kappa shape index (κ2) is 12.9. The fourth-order valence-corrected chi connectivity index (χ4v) is 3.48. The largest absolute Gasteiger partial charge is 0.356 e. The summed E-state index contributed by atoms with van der Waals surface area (Å²) in [6, 6.07) is 6.33. The molecule has 0 aliphatic heterocycles. The number of aliphatic imine (C=N–C) groups is 1. The van der Waals surface area contributed by atoms with Crippen LogP contribution in [0.2, 0.25) is 0 Å². The van der Waals surface area contributed by atoms with E-state index in [0.717, 1.165) is 36.9 Å². The topological polar surface area (TPSA) is 57.5 Å². The molecule has 0 radical (unpaired) electrons. The summed E-state index contributed by atoms with van der Waals surface area (Å²) in [5.74, 6) is 1.21. The Kier molecular flexibility index (Phi) is 11.3. The van der Waals surface area contributed by atoms with Gasteiger partial charge in [-0.3, -0.25) is 9.89 Å². The van der Waals surface area contributed by atoms with Crippen molar-refractivity contribution in [2.45, 2.75) is 59.7 Å². The van der Waals surface area contributed by atoms with Crippen LogP contribution in [0.25, 0.3) is 5.69 Å². The molecule has 0 fully saturated rings. The van der Waals surface area contributed by atoms with Crippen LogP contribution in [0.4, 0.5) is 4.39 Å². The van der Waals surface area contributed by atoms with E-state index in [9.17, 15) is 4.39 Å². The summed E-state index contributed by atoms with van der Waals surface area (Å²) in [7, 11) is 1.75. The van der Waals surface area contributed by atoms with Crippen LogP contribution < -0.4 is 10.6 Å². The normalized spacial score (nSPS) is 11.9. The number of benzene rings is 1. The van der Waals surface area contributed by atoms with Gasteiger partial charge in [0.25, 0.3) is 0 Å². The molecule has 2 rings (SSSR count). The first-order valence-electron chi connectivity index (χ1n) is 10.3. The zero-order valence-electron chi connectivity index (χ0n) is 18.9. The molecule has 0 saturated carbocycles. The third-order valence-electron chi connectivity index (χ3n) is 4.99. The first-order valence-corrected chi connectivity index (χ1v) is 10.3. The van der Waals surface area contributed by atoms with E-state index < -0.39 is 0 Å². The highest BCUT2D eigenvalue weighted by Gasteiger charge is 2.12. The van der Waals surface area contributed by atoms with Crippen LogP contribution >= 0.6 is 24.0 Å². The van der Waals surface area contributed by atoms with E-state index in [2.05, 4.69) is 53.2 Å². The first-order chi connectivity index (χ1) is 13.8. The van der Waals surface area contributed by atoms with Gasteiger partial charge < -0.3 is 15.2 Å². The minimum atomic E-state index is -0.268. The Labute approximate surface area is 197 Å². The number of imidazole rings is 1. The van der Waals surface area contributed by atoms with Crippen LogP contribution in [-0.2, 0) is 6.54 Å². The minimum absolute atomic E-state index is 0. The Morgan fingerprint density at radius 1 is 1.20 bits per heavy atom. The molecule has 1 heterocycles. The Morgan fingerprint density at radius 2 is 1.90 bits per heavy atom. The average molecular weight is 530 g/mol. The number of aryl methyl sites for hydroxylation is 1. The molecule has 1 aromatic carbocycles. The van der Waals surface area contributed by atoms with Crippen molar-refractivity contribution >= 4 is 29.9 Å². The molecule has 2 aromatic rings. The van der Waals surface area contributed by atoms with Crippen molar-refractivity contribution in [2.24, 2.45) is 4.99 Å². The standard InChI is InChI=1S/C22H35FN6.HI/c1-16(2)28(17(3)4)12-7-10-26-22(24-6)27-15-19-8-9-21(20(23)14-19)29-13-11-25-18(29)5;/h8-9,11,13-14,16-17H,7,10,12,15H2,1-6H3,(H2,24,26,27);1H. The molecule has 1 aromatic heterocycles. The Hall–Kier alpha value is -1.68. The van der Waals surface area contributed by atoms with Gasteiger partial charge in [0.1, 0.15) is 11.6 Å². The van der Waals surface area contributed by atoms with Crippen LogP contribution in [0, 0.1) is 12.7 Å². The van der Waals surface area contributed by atoms with Crippen LogP contribution in [0.15, 0.2) is 35.6 Å². The maximum atomic E-state index is 14.5. The summed E-state index contributed by atoms with van der Waals surface area (Å²) in [5.41, 5.74) is 1.36. The second-order valence-corrected chi connectivity index (χ2v) is 7.76. The monoisotopic (exact) mass is 530 g/mol. The molecule has 0 saturated heterocycles. The molecule has 2 N–H and O–H groups in total. The van der Waals surface area contributed by atoms with Gasteiger partial charge in [-0.15, -0.1) is 24.0 Å². The summed E-state index contributed by atoms with van der Waals surface area (Å²) in [4.78, 5) is 10.9. The number of hydrogen-bond donors (Lipinski definition) is 2. The SMILES string of the molecule is CN=C(NCCCN(C(C)C)C(C)C)NCc1ccc(-n2ccnc2C)c(F)c1.I. The number of aromatic nitrogens is 2. The lowest BCUT2D eigenvalue weighted by molar-refractivity contribution is 0.173. The molecule has 0 atom stereocenters. The molecule has 0 aliphatic carbocycles. The lowest BCUT2D eigenvalue weighted by Crippen LogP contribution is -2.41. The zero-order valence-corrected chi connectivity index (χ0v) is 21.3. The Morgan fingerprint density at radius 3 is 2.43 bits per heavy atom. The van der Waals surface area contributed by atoms with Crippen molar-refractivity contribution < 1.29 is 4.39 Å². The quantitative estimate of drug-likeness (QED) is 0.222. The van der Waals surface area contributed by atoms with Gasteiger partial charge in [0.05, 0.1) is 5.69 Å². The smallest absolute Gasteiger partial charge is 0.191 e. The fraction of sp³-hybridized carbons (Fsp3) is 0.545. The lowest BCUT2D eigenvalue weighted by atomic mass is 10.2. The van der Waals surface area contributed by atoms with Crippen LogP contribution in [-0.4, -0.2) is 52.6 Å². The first kappa shape index (κ1) is 26.4. The van der Waals surface area contributed by atoms with E-state index in [-0.39, 0.29) is 29.8 Å².